The Labute approximate surface area is 157 Å². The number of aliphatic hydroxyl groups excluding tert-OH is 1. The maximum Gasteiger partial charge on any atom is 0.249 e. The van der Waals surface area contributed by atoms with E-state index >= 15 is 0 Å². The largest absolute Gasteiger partial charge is 0.392 e. The van der Waals surface area contributed by atoms with Crippen LogP contribution < -0.4 is 5.73 Å². The summed E-state index contributed by atoms with van der Waals surface area (Å²) in [5.41, 5.74) is 6.98. The minimum Gasteiger partial charge on any atom is -0.392 e. The second-order valence-electron chi connectivity index (χ2n) is 6.42. The fraction of sp³-hybridized carbons (Fsp3) is 0.0952. The Morgan fingerprint density at radius 1 is 1.11 bits per heavy atom. The number of hydrogen-bond donors (Lipinski definition) is 2. The van der Waals surface area contributed by atoms with Gasteiger partial charge in [-0.3, -0.25) is 4.79 Å². The first-order chi connectivity index (χ1) is 13.4. The number of rotatable bonds is 4. The zero-order valence-corrected chi connectivity index (χ0v) is 14.5. The number of benzene rings is 3. The molecule has 3 N–H and O–H groups in total. The molecule has 0 saturated carbocycles. The van der Waals surface area contributed by atoms with Gasteiger partial charge < -0.3 is 15.4 Å². The maximum atomic E-state index is 14.2. The van der Waals surface area contributed by atoms with Gasteiger partial charge in [0.1, 0.15) is 17.5 Å². The molecule has 0 aliphatic carbocycles. The van der Waals surface area contributed by atoms with Gasteiger partial charge >= 0.3 is 0 Å². The van der Waals surface area contributed by atoms with Crippen LogP contribution in [0, 0.1) is 23.5 Å². The SMILES string of the molecule is NC(=O)c1cccc2c1c1[c]cc(CO)cc1n2Cc1c(F)cc(F)cc1F. The van der Waals surface area contributed by atoms with Crippen LogP contribution in [-0.2, 0) is 13.2 Å². The molecule has 3 aromatic carbocycles. The van der Waals surface area contributed by atoms with Crippen molar-refractivity contribution in [2.75, 3.05) is 0 Å². The number of halogens is 3. The Kier molecular flexibility index (Phi) is 4.31. The van der Waals surface area contributed by atoms with Crippen LogP contribution in [0.2, 0.25) is 0 Å². The van der Waals surface area contributed by atoms with Crippen molar-refractivity contribution in [3.63, 3.8) is 0 Å². The Morgan fingerprint density at radius 3 is 2.46 bits per heavy atom. The van der Waals surface area contributed by atoms with E-state index in [4.69, 9.17) is 5.73 Å². The molecular weight excluding hydrogens is 369 g/mol. The molecule has 1 heterocycles. The summed E-state index contributed by atoms with van der Waals surface area (Å²) in [6, 6.07) is 12.3. The molecule has 0 fully saturated rings. The summed E-state index contributed by atoms with van der Waals surface area (Å²) in [6.45, 7) is -0.501. The van der Waals surface area contributed by atoms with Crippen molar-refractivity contribution in [1.29, 1.82) is 0 Å². The second kappa shape index (κ2) is 6.69. The molecule has 4 aromatic rings. The van der Waals surface area contributed by atoms with Crippen molar-refractivity contribution in [1.82, 2.24) is 4.57 Å². The number of aliphatic hydroxyl groups is 1. The topological polar surface area (TPSA) is 68.2 Å². The summed E-state index contributed by atoms with van der Waals surface area (Å²) in [6.07, 6.45) is 0. The van der Waals surface area contributed by atoms with Gasteiger partial charge in [0.25, 0.3) is 0 Å². The lowest BCUT2D eigenvalue weighted by Gasteiger charge is -2.11. The summed E-state index contributed by atoms with van der Waals surface area (Å²) >= 11 is 0. The third-order valence-corrected chi connectivity index (χ3v) is 4.72. The smallest absolute Gasteiger partial charge is 0.249 e. The molecule has 28 heavy (non-hydrogen) atoms. The van der Waals surface area contributed by atoms with E-state index in [0.717, 1.165) is 0 Å². The fourth-order valence-electron chi connectivity index (χ4n) is 3.45. The monoisotopic (exact) mass is 383 g/mol. The zero-order chi connectivity index (χ0) is 20.0. The molecule has 0 atom stereocenters. The molecule has 0 aliphatic heterocycles. The molecule has 4 nitrogen and oxygen atoms in total. The van der Waals surface area contributed by atoms with Gasteiger partial charge in [-0.05, 0) is 35.9 Å². The van der Waals surface area contributed by atoms with Gasteiger partial charge in [0, 0.05) is 34.0 Å². The molecule has 141 valence electrons. The summed E-state index contributed by atoms with van der Waals surface area (Å²) in [5, 5.41) is 10.5. The highest BCUT2D eigenvalue weighted by atomic mass is 19.1. The van der Waals surface area contributed by atoms with Crippen LogP contribution in [-0.4, -0.2) is 15.6 Å². The predicted molar refractivity (Wildman–Crippen MR) is 98.1 cm³/mol. The van der Waals surface area contributed by atoms with Gasteiger partial charge in [0.05, 0.1) is 24.2 Å². The number of primary amides is 1. The Bertz CT molecular complexity index is 1220. The molecule has 1 aromatic heterocycles. The third kappa shape index (κ3) is 2.80. The van der Waals surface area contributed by atoms with Crippen LogP contribution in [0.25, 0.3) is 21.8 Å². The van der Waals surface area contributed by atoms with Gasteiger partial charge in [-0.15, -0.1) is 0 Å². The van der Waals surface area contributed by atoms with E-state index in [9.17, 15) is 23.1 Å². The average molecular weight is 383 g/mol. The standard InChI is InChI=1S/C21H14F3N2O2/c22-12-7-16(23)15(17(24)8-12)9-26-18-3-1-2-14(21(25)28)20(18)13-5-4-11(10-27)6-19(13)26/h1-4,6-8,27H,9-10H2,(H2,25,28). The van der Waals surface area contributed by atoms with E-state index in [-0.39, 0.29) is 24.3 Å². The normalized spacial score (nSPS) is 11.4. The molecule has 0 saturated heterocycles. The van der Waals surface area contributed by atoms with Crippen LogP contribution in [0.4, 0.5) is 13.2 Å². The van der Waals surface area contributed by atoms with Gasteiger partial charge in [-0.2, -0.15) is 0 Å². The number of carbonyl (C=O) groups excluding carboxylic acids is 1. The molecule has 0 spiro atoms. The highest BCUT2D eigenvalue weighted by molar-refractivity contribution is 6.17. The van der Waals surface area contributed by atoms with E-state index in [1.807, 2.05) is 0 Å². The van der Waals surface area contributed by atoms with Crippen LogP contribution in [0.15, 0.2) is 42.5 Å². The summed E-state index contributed by atoms with van der Waals surface area (Å²) < 4.78 is 43.3. The highest BCUT2D eigenvalue weighted by Gasteiger charge is 2.19. The average Bonchev–Trinajstić information content (AvgIpc) is 2.97. The fourth-order valence-corrected chi connectivity index (χ4v) is 3.45. The number of hydrogen-bond acceptors (Lipinski definition) is 2. The van der Waals surface area contributed by atoms with Crippen LogP contribution >= 0.6 is 0 Å². The Balaban J connectivity index is 2.06. The third-order valence-electron chi connectivity index (χ3n) is 4.72. The minimum atomic E-state index is -1.01. The molecule has 0 unspecified atom stereocenters. The number of carbonyl (C=O) groups is 1. The number of nitrogens with two attached hydrogens (primary N) is 1. The molecule has 0 bridgehead atoms. The molecule has 4 rings (SSSR count). The summed E-state index contributed by atoms with van der Waals surface area (Å²) in [4.78, 5) is 11.9. The van der Waals surface area contributed by atoms with Crippen molar-refractivity contribution in [3.8, 4) is 0 Å². The lowest BCUT2D eigenvalue weighted by Crippen LogP contribution is -2.11. The quantitative estimate of drug-likeness (QED) is 0.565. The second-order valence-corrected chi connectivity index (χ2v) is 6.42. The number of nitrogens with zero attached hydrogens (tertiary/aromatic N) is 1. The van der Waals surface area contributed by atoms with Crippen LogP contribution in [0.5, 0.6) is 0 Å². The summed E-state index contributed by atoms with van der Waals surface area (Å²) in [5.74, 6) is -3.68. The van der Waals surface area contributed by atoms with Crippen molar-refractivity contribution in [2.45, 2.75) is 13.2 Å². The first-order valence-electron chi connectivity index (χ1n) is 8.40. The Morgan fingerprint density at radius 2 is 1.82 bits per heavy atom. The van der Waals surface area contributed by atoms with Gasteiger partial charge in [0.15, 0.2) is 0 Å². The number of fused-ring (bicyclic) bond motifs is 3. The van der Waals surface area contributed by atoms with Crippen molar-refractivity contribution >= 4 is 27.7 Å². The number of aromatic nitrogens is 1. The molecule has 1 radical (unpaired) electrons. The molecule has 0 aliphatic rings. The zero-order valence-electron chi connectivity index (χ0n) is 14.5. The first-order valence-corrected chi connectivity index (χ1v) is 8.40. The minimum absolute atomic E-state index is 0.245. The summed E-state index contributed by atoms with van der Waals surface area (Å²) in [7, 11) is 0. The van der Waals surface area contributed by atoms with Gasteiger partial charge in [-0.25, -0.2) is 13.2 Å². The predicted octanol–water partition coefficient (Wildman–Crippen LogP) is 3.65. The molecule has 1 amide bonds. The van der Waals surface area contributed by atoms with E-state index in [0.29, 0.717) is 39.5 Å². The van der Waals surface area contributed by atoms with E-state index < -0.39 is 23.4 Å². The van der Waals surface area contributed by atoms with E-state index in [2.05, 4.69) is 6.07 Å². The highest BCUT2D eigenvalue weighted by Crippen LogP contribution is 2.33. The van der Waals surface area contributed by atoms with Crippen LogP contribution in [0.3, 0.4) is 0 Å². The van der Waals surface area contributed by atoms with Crippen molar-refractivity contribution < 1.29 is 23.1 Å². The first kappa shape index (κ1) is 18.1. The lowest BCUT2D eigenvalue weighted by atomic mass is 10.0. The van der Waals surface area contributed by atoms with E-state index in [1.54, 1.807) is 34.9 Å². The lowest BCUT2D eigenvalue weighted by molar-refractivity contribution is 0.100. The molecular formula is C21H14F3N2O2. The van der Waals surface area contributed by atoms with E-state index in [1.165, 1.54) is 0 Å². The maximum absolute atomic E-state index is 14.2. The van der Waals surface area contributed by atoms with Crippen molar-refractivity contribution in [3.05, 3.63) is 82.7 Å². The number of amides is 1. The van der Waals surface area contributed by atoms with Crippen molar-refractivity contribution in [2.24, 2.45) is 5.73 Å². The Hall–Kier alpha value is -3.32. The molecule has 7 heteroatoms. The van der Waals surface area contributed by atoms with Gasteiger partial charge in [0.2, 0.25) is 5.91 Å². The van der Waals surface area contributed by atoms with Gasteiger partial charge in [-0.1, -0.05) is 6.07 Å². The van der Waals surface area contributed by atoms with Crippen LogP contribution in [0.1, 0.15) is 21.5 Å².